The van der Waals surface area contributed by atoms with Gasteiger partial charge in [0.2, 0.25) is 21.8 Å². The van der Waals surface area contributed by atoms with Crippen LogP contribution in [0.15, 0.2) is 42.5 Å². The van der Waals surface area contributed by atoms with Gasteiger partial charge in [-0.3, -0.25) is 13.9 Å². The van der Waals surface area contributed by atoms with Gasteiger partial charge < -0.3 is 10.2 Å². The molecular formula is C25H30Cl2F3N3O4S. The van der Waals surface area contributed by atoms with Gasteiger partial charge in [0.05, 0.1) is 17.5 Å². The Morgan fingerprint density at radius 2 is 1.61 bits per heavy atom. The highest BCUT2D eigenvalue weighted by Gasteiger charge is 2.32. The van der Waals surface area contributed by atoms with E-state index in [1.165, 1.54) is 11.0 Å². The summed E-state index contributed by atoms with van der Waals surface area (Å²) in [4.78, 5) is 27.3. The van der Waals surface area contributed by atoms with Gasteiger partial charge in [-0.05, 0) is 57.5 Å². The molecule has 1 atom stereocenters. The second-order valence-corrected chi connectivity index (χ2v) is 11.8. The predicted molar refractivity (Wildman–Crippen MR) is 143 cm³/mol. The lowest BCUT2D eigenvalue weighted by molar-refractivity contribution is -0.140. The van der Waals surface area contributed by atoms with Crippen LogP contribution in [0.3, 0.4) is 0 Å². The van der Waals surface area contributed by atoms with Crippen molar-refractivity contribution < 1.29 is 31.2 Å². The first-order valence-electron chi connectivity index (χ1n) is 11.7. The van der Waals surface area contributed by atoms with Crippen molar-refractivity contribution in [3.05, 3.63) is 63.6 Å². The maximum Gasteiger partial charge on any atom is 0.416 e. The summed E-state index contributed by atoms with van der Waals surface area (Å²) in [5.74, 6) is -0.886. The summed E-state index contributed by atoms with van der Waals surface area (Å²) in [6, 6.07) is 7.71. The Morgan fingerprint density at radius 1 is 1.03 bits per heavy atom. The number of halogens is 5. The first kappa shape index (κ1) is 31.7. The van der Waals surface area contributed by atoms with E-state index in [0.29, 0.717) is 15.6 Å². The van der Waals surface area contributed by atoms with Gasteiger partial charge in [-0.1, -0.05) is 35.3 Å². The van der Waals surface area contributed by atoms with E-state index in [1.807, 2.05) is 0 Å². The van der Waals surface area contributed by atoms with Gasteiger partial charge in [-0.15, -0.1) is 0 Å². The number of hydrogen-bond donors (Lipinski definition) is 1. The minimum atomic E-state index is -4.65. The summed E-state index contributed by atoms with van der Waals surface area (Å²) in [6.07, 6.45) is -3.98. The average Bonchev–Trinajstić information content (AvgIpc) is 2.79. The van der Waals surface area contributed by atoms with Crippen LogP contribution in [-0.4, -0.2) is 50.0 Å². The van der Waals surface area contributed by atoms with Crippen LogP contribution >= 0.6 is 23.2 Å². The van der Waals surface area contributed by atoms with E-state index in [9.17, 15) is 31.2 Å². The zero-order chi connectivity index (χ0) is 28.8. The zero-order valence-electron chi connectivity index (χ0n) is 21.4. The molecule has 2 rings (SSSR count). The van der Waals surface area contributed by atoms with Crippen LogP contribution in [0.4, 0.5) is 18.9 Å². The van der Waals surface area contributed by atoms with Crippen LogP contribution in [0.25, 0.3) is 0 Å². The molecule has 38 heavy (non-hydrogen) atoms. The Hall–Kier alpha value is -2.50. The summed E-state index contributed by atoms with van der Waals surface area (Å²) >= 11 is 12.6. The number of alkyl halides is 3. The topological polar surface area (TPSA) is 86.8 Å². The van der Waals surface area contributed by atoms with Crippen LogP contribution in [-0.2, 0) is 32.3 Å². The lowest BCUT2D eigenvalue weighted by Crippen LogP contribution is -2.49. The molecule has 13 heteroatoms. The van der Waals surface area contributed by atoms with E-state index < -0.39 is 39.6 Å². The number of carbonyl (C=O) groups is 2. The fourth-order valence-corrected chi connectivity index (χ4v) is 5.16. The number of nitrogens with zero attached hydrogens (tertiary/aromatic N) is 2. The largest absolute Gasteiger partial charge is 0.416 e. The maximum atomic E-state index is 13.3. The Balaban J connectivity index is 2.27. The van der Waals surface area contributed by atoms with Crippen molar-refractivity contribution >= 4 is 50.7 Å². The van der Waals surface area contributed by atoms with Crippen LogP contribution in [0.2, 0.25) is 10.0 Å². The number of sulfonamides is 1. The van der Waals surface area contributed by atoms with Crippen molar-refractivity contribution in [3.63, 3.8) is 0 Å². The Labute approximate surface area is 230 Å². The molecule has 2 amide bonds. The zero-order valence-corrected chi connectivity index (χ0v) is 23.7. The van der Waals surface area contributed by atoms with Crippen LogP contribution in [0, 0.1) is 0 Å². The summed E-state index contributed by atoms with van der Waals surface area (Å²) < 4.78 is 65.1. The Kier molecular flexibility index (Phi) is 10.9. The Morgan fingerprint density at radius 3 is 2.13 bits per heavy atom. The van der Waals surface area contributed by atoms with E-state index in [-0.39, 0.29) is 37.7 Å². The highest BCUT2D eigenvalue weighted by Crippen LogP contribution is 2.32. The second-order valence-electron chi connectivity index (χ2n) is 9.05. The number of anilines is 1. The van der Waals surface area contributed by atoms with Gasteiger partial charge in [0, 0.05) is 41.2 Å². The van der Waals surface area contributed by atoms with Crippen LogP contribution in [0.1, 0.15) is 44.7 Å². The third-order valence-corrected chi connectivity index (χ3v) is 7.50. The average molecular weight is 596 g/mol. The lowest BCUT2D eigenvalue weighted by Gasteiger charge is -2.30. The monoisotopic (exact) mass is 595 g/mol. The number of carbonyl (C=O) groups excluding carboxylic acids is 2. The molecule has 210 valence electrons. The molecular weight excluding hydrogens is 566 g/mol. The molecule has 0 aliphatic carbocycles. The first-order valence-corrected chi connectivity index (χ1v) is 14.3. The number of benzene rings is 2. The molecule has 0 bridgehead atoms. The van der Waals surface area contributed by atoms with E-state index in [1.54, 1.807) is 39.0 Å². The smallest absolute Gasteiger partial charge is 0.352 e. The molecule has 0 aliphatic rings. The van der Waals surface area contributed by atoms with Gasteiger partial charge in [0.1, 0.15) is 6.04 Å². The molecule has 0 heterocycles. The normalized spacial score (nSPS) is 12.8. The van der Waals surface area contributed by atoms with E-state index in [0.717, 1.165) is 28.8 Å². The second kappa shape index (κ2) is 13.0. The molecule has 0 unspecified atom stereocenters. The SMILES string of the molecule is CC(C)NC(=O)[C@H](C)N(Cc1c(Cl)cccc1Cl)C(=O)CCCN(c1cccc(C(F)(F)F)c1)S(C)(=O)=O. The molecule has 2 aromatic carbocycles. The first-order chi connectivity index (χ1) is 17.5. The summed E-state index contributed by atoms with van der Waals surface area (Å²) in [5.41, 5.74) is -0.721. The molecule has 7 nitrogen and oxygen atoms in total. The summed E-state index contributed by atoms with van der Waals surface area (Å²) in [6.45, 7) is 4.77. The van der Waals surface area contributed by atoms with Crippen molar-refractivity contribution in [2.45, 2.75) is 58.4 Å². The van der Waals surface area contributed by atoms with Crippen molar-refractivity contribution in [2.24, 2.45) is 0 Å². The summed E-state index contributed by atoms with van der Waals surface area (Å²) in [7, 11) is -3.96. The van der Waals surface area contributed by atoms with Crippen molar-refractivity contribution in [1.82, 2.24) is 10.2 Å². The fourth-order valence-electron chi connectivity index (χ4n) is 3.68. The van der Waals surface area contributed by atoms with E-state index in [4.69, 9.17) is 23.2 Å². The highest BCUT2D eigenvalue weighted by atomic mass is 35.5. The van der Waals surface area contributed by atoms with Crippen molar-refractivity contribution in [2.75, 3.05) is 17.1 Å². The minimum absolute atomic E-state index is 0.0204. The van der Waals surface area contributed by atoms with Crippen LogP contribution in [0.5, 0.6) is 0 Å². The fraction of sp³-hybridized carbons (Fsp3) is 0.440. The minimum Gasteiger partial charge on any atom is -0.352 e. The van der Waals surface area contributed by atoms with Crippen molar-refractivity contribution in [1.29, 1.82) is 0 Å². The van der Waals surface area contributed by atoms with Gasteiger partial charge in [0.15, 0.2) is 0 Å². The van der Waals surface area contributed by atoms with Gasteiger partial charge >= 0.3 is 6.18 Å². The molecule has 1 N–H and O–H groups in total. The highest BCUT2D eigenvalue weighted by molar-refractivity contribution is 7.92. The van der Waals surface area contributed by atoms with E-state index in [2.05, 4.69) is 5.32 Å². The quantitative estimate of drug-likeness (QED) is 0.371. The maximum absolute atomic E-state index is 13.3. The molecule has 0 radical (unpaired) electrons. The van der Waals surface area contributed by atoms with Gasteiger partial charge in [-0.25, -0.2) is 8.42 Å². The molecule has 0 aromatic heterocycles. The number of nitrogens with one attached hydrogen (secondary N) is 1. The third kappa shape index (κ3) is 8.78. The summed E-state index contributed by atoms with van der Waals surface area (Å²) in [5, 5.41) is 3.36. The van der Waals surface area contributed by atoms with Gasteiger partial charge in [-0.2, -0.15) is 13.2 Å². The van der Waals surface area contributed by atoms with Crippen molar-refractivity contribution in [3.8, 4) is 0 Å². The van der Waals surface area contributed by atoms with Gasteiger partial charge in [0.25, 0.3) is 0 Å². The Bertz CT molecular complexity index is 1240. The predicted octanol–water partition coefficient (Wildman–Crippen LogP) is 5.50. The number of amides is 2. The van der Waals surface area contributed by atoms with Crippen LogP contribution < -0.4 is 9.62 Å². The number of rotatable bonds is 11. The third-order valence-electron chi connectivity index (χ3n) is 5.60. The molecule has 2 aromatic rings. The molecule has 0 fully saturated rings. The lowest BCUT2D eigenvalue weighted by atomic mass is 10.1. The molecule has 0 spiro atoms. The molecule has 0 saturated heterocycles. The number of hydrogen-bond acceptors (Lipinski definition) is 4. The molecule has 0 aliphatic heterocycles. The van der Waals surface area contributed by atoms with E-state index >= 15 is 0 Å². The standard InChI is InChI=1S/C25H30Cl2F3N3O4S/c1-16(2)31-24(35)17(3)32(15-20-21(26)10-6-11-22(20)27)23(34)12-7-13-33(38(4,36)37)19-9-5-8-18(14-19)25(28,29)30/h5-6,8-11,14,16-17H,7,12-13,15H2,1-4H3,(H,31,35)/t17-/m0/s1. The molecule has 0 saturated carbocycles.